The molecule has 3 aromatic heterocycles. The molecule has 7 nitrogen and oxygen atoms in total. The number of hydrogen-bond acceptors (Lipinski definition) is 5. The first-order valence-corrected chi connectivity index (χ1v) is 9.44. The molecule has 0 fully saturated rings. The fraction of sp³-hybridized carbons (Fsp3) is 0.0909. The molecule has 0 spiro atoms. The van der Waals surface area contributed by atoms with Crippen molar-refractivity contribution in [3.63, 3.8) is 0 Å². The number of imidazole rings is 1. The minimum Gasteiger partial charge on any atom is -0.382 e. The van der Waals surface area contributed by atoms with Gasteiger partial charge in [0.05, 0.1) is 34.9 Å². The van der Waals surface area contributed by atoms with Gasteiger partial charge in [-0.05, 0) is 29.8 Å². The molecule has 1 unspecified atom stereocenters. The van der Waals surface area contributed by atoms with Crippen LogP contribution >= 0.6 is 11.6 Å². The van der Waals surface area contributed by atoms with Gasteiger partial charge in [0.2, 0.25) is 0 Å². The summed E-state index contributed by atoms with van der Waals surface area (Å²) in [5.74, 6) is 0.407. The molecule has 3 heterocycles. The molecule has 0 saturated carbocycles. The highest BCUT2D eigenvalue weighted by Crippen LogP contribution is 2.22. The Balaban J connectivity index is 1.57. The number of pyridine rings is 2. The maximum atomic E-state index is 12.0. The van der Waals surface area contributed by atoms with E-state index in [2.05, 4.69) is 16.0 Å². The van der Waals surface area contributed by atoms with E-state index in [4.69, 9.17) is 16.9 Å². The second-order valence-electron chi connectivity index (χ2n) is 6.66. The molecule has 1 N–H and O–H groups in total. The Hall–Kier alpha value is -3.73. The summed E-state index contributed by atoms with van der Waals surface area (Å²) in [4.78, 5) is 20.5. The van der Waals surface area contributed by atoms with Crippen LogP contribution in [-0.2, 0) is 6.54 Å². The monoisotopic (exact) mass is 417 g/mol. The average molecular weight is 418 g/mol. The SMILES string of the molecule is N#Cc1ccc(Cn2cncc2C(O)c2ccc(-n3cc(Cl)ccc3=O)nc2)cc1. The first-order chi connectivity index (χ1) is 14.5. The number of rotatable bonds is 5. The van der Waals surface area contributed by atoms with Gasteiger partial charge in [-0.3, -0.25) is 9.36 Å². The van der Waals surface area contributed by atoms with Crippen LogP contribution < -0.4 is 5.56 Å². The summed E-state index contributed by atoms with van der Waals surface area (Å²) in [5, 5.41) is 20.2. The van der Waals surface area contributed by atoms with Gasteiger partial charge in [-0.25, -0.2) is 9.97 Å². The standard InChI is InChI=1S/C22H16ClN5O2/c23-18-6-8-21(29)28(13-18)20-7-5-17(10-26-20)22(30)19-11-25-14-27(19)12-16-3-1-15(9-24)2-4-16/h1-8,10-11,13-14,22,30H,12H2. The van der Waals surface area contributed by atoms with Gasteiger partial charge in [0.25, 0.3) is 5.56 Å². The van der Waals surface area contributed by atoms with Gasteiger partial charge in [-0.1, -0.05) is 29.8 Å². The van der Waals surface area contributed by atoms with Crippen LogP contribution in [0.3, 0.4) is 0 Å². The van der Waals surface area contributed by atoms with E-state index in [1.807, 2.05) is 16.7 Å². The summed E-state index contributed by atoms with van der Waals surface area (Å²) in [6.07, 6.45) is 5.32. The molecule has 8 heteroatoms. The van der Waals surface area contributed by atoms with Crippen LogP contribution in [0.1, 0.15) is 28.5 Å². The number of aliphatic hydroxyl groups is 1. The molecule has 1 atom stereocenters. The number of benzene rings is 1. The molecular formula is C22H16ClN5O2. The minimum atomic E-state index is -0.941. The Morgan fingerprint density at radius 3 is 2.60 bits per heavy atom. The Morgan fingerprint density at radius 2 is 1.90 bits per heavy atom. The highest BCUT2D eigenvalue weighted by molar-refractivity contribution is 6.30. The molecular weight excluding hydrogens is 402 g/mol. The third-order valence-electron chi connectivity index (χ3n) is 4.67. The van der Waals surface area contributed by atoms with Gasteiger partial charge in [-0.15, -0.1) is 0 Å². The lowest BCUT2D eigenvalue weighted by Gasteiger charge is -2.15. The first-order valence-electron chi connectivity index (χ1n) is 9.07. The van der Waals surface area contributed by atoms with Crippen LogP contribution in [0.15, 0.2) is 78.2 Å². The first kappa shape index (κ1) is 19.6. The van der Waals surface area contributed by atoms with Crippen molar-refractivity contribution in [1.29, 1.82) is 5.26 Å². The molecule has 0 aliphatic rings. The van der Waals surface area contributed by atoms with E-state index in [-0.39, 0.29) is 5.56 Å². The van der Waals surface area contributed by atoms with Crippen LogP contribution in [0, 0.1) is 11.3 Å². The van der Waals surface area contributed by atoms with Gasteiger partial charge in [-0.2, -0.15) is 5.26 Å². The molecule has 0 radical (unpaired) electrons. The fourth-order valence-corrected chi connectivity index (χ4v) is 3.25. The number of nitrogens with zero attached hydrogens (tertiary/aromatic N) is 5. The molecule has 0 aliphatic carbocycles. The Kier molecular flexibility index (Phi) is 5.44. The lowest BCUT2D eigenvalue weighted by Crippen LogP contribution is -2.17. The lowest BCUT2D eigenvalue weighted by atomic mass is 10.1. The van der Waals surface area contributed by atoms with Gasteiger partial charge >= 0.3 is 0 Å². The van der Waals surface area contributed by atoms with Crippen molar-refractivity contribution in [3.8, 4) is 11.9 Å². The van der Waals surface area contributed by atoms with Crippen molar-refractivity contribution in [2.75, 3.05) is 0 Å². The third kappa shape index (κ3) is 4.01. The summed E-state index contributed by atoms with van der Waals surface area (Å²) >= 11 is 5.96. The number of hydrogen-bond donors (Lipinski definition) is 1. The molecule has 1 aromatic carbocycles. The molecule has 4 aromatic rings. The van der Waals surface area contributed by atoms with E-state index in [9.17, 15) is 9.90 Å². The molecule has 0 saturated heterocycles. The van der Waals surface area contributed by atoms with E-state index in [0.717, 1.165) is 5.56 Å². The molecule has 30 heavy (non-hydrogen) atoms. The quantitative estimate of drug-likeness (QED) is 0.538. The number of aliphatic hydroxyl groups excluding tert-OH is 1. The van der Waals surface area contributed by atoms with E-state index in [0.29, 0.717) is 34.2 Å². The van der Waals surface area contributed by atoms with Crippen molar-refractivity contribution < 1.29 is 5.11 Å². The molecule has 0 amide bonds. The van der Waals surface area contributed by atoms with Gasteiger partial charge in [0, 0.05) is 30.6 Å². The van der Waals surface area contributed by atoms with Crippen molar-refractivity contribution in [2.24, 2.45) is 0 Å². The minimum absolute atomic E-state index is 0.249. The van der Waals surface area contributed by atoms with Crippen LogP contribution in [0.25, 0.3) is 5.82 Å². The Bertz CT molecular complexity index is 1270. The maximum Gasteiger partial charge on any atom is 0.256 e. The zero-order chi connectivity index (χ0) is 21.1. The zero-order valence-corrected chi connectivity index (χ0v) is 16.4. The Labute approximate surface area is 177 Å². The average Bonchev–Trinajstić information content (AvgIpc) is 3.23. The molecule has 0 bridgehead atoms. The van der Waals surface area contributed by atoms with Crippen molar-refractivity contribution in [1.82, 2.24) is 19.1 Å². The van der Waals surface area contributed by atoms with Crippen LogP contribution in [0.2, 0.25) is 5.02 Å². The summed E-state index contributed by atoms with van der Waals surface area (Å²) < 4.78 is 3.18. The highest BCUT2D eigenvalue weighted by Gasteiger charge is 2.16. The van der Waals surface area contributed by atoms with Crippen molar-refractivity contribution >= 4 is 11.6 Å². The Morgan fingerprint density at radius 1 is 1.10 bits per heavy atom. The number of aromatic nitrogens is 4. The van der Waals surface area contributed by atoms with E-state index < -0.39 is 6.10 Å². The fourth-order valence-electron chi connectivity index (χ4n) is 3.08. The highest BCUT2D eigenvalue weighted by atomic mass is 35.5. The van der Waals surface area contributed by atoms with E-state index in [1.165, 1.54) is 29.1 Å². The van der Waals surface area contributed by atoms with E-state index >= 15 is 0 Å². The second-order valence-corrected chi connectivity index (χ2v) is 7.10. The zero-order valence-electron chi connectivity index (χ0n) is 15.7. The molecule has 0 aliphatic heterocycles. The van der Waals surface area contributed by atoms with Crippen molar-refractivity contribution in [3.05, 3.63) is 111 Å². The van der Waals surface area contributed by atoms with Crippen LogP contribution in [0.5, 0.6) is 0 Å². The topological polar surface area (TPSA) is 96.7 Å². The van der Waals surface area contributed by atoms with Crippen LogP contribution in [0.4, 0.5) is 0 Å². The number of halogens is 1. The van der Waals surface area contributed by atoms with Crippen LogP contribution in [-0.4, -0.2) is 24.2 Å². The maximum absolute atomic E-state index is 12.0. The summed E-state index contributed by atoms with van der Waals surface area (Å²) in [5.41, 5.74) is 2.49. The predicted molar refractivity (Wildman–Crippen MR) is 111 cm³/mol. The molecule has 148 valence electrons. The number of nitriles is 1. The normalized spacial score (nSPS) is 11.8. The second kappa shape index (κ2) is 8.33. The smallest absolute Gasteiger partial charge is 0.256 e. The van der Waals surface area contributed by atoms with Gasteiger partial charge < -0.3 is 9.67 Å². The van der Waals surface area contributed by atoms with E-state index in [1.54, 1.807) is 36.8 Å². The van der Waals surface area contributed by atoms with Gasteiger partial charge in [0.1, 0.15) is 11.9 Å². The van der Waals surface area contributed by atoms with Gasteiger partial charge in [0.15, 0.2) is 0 Å². The molecule has 4 rings (SSSR count). The summed E-state index contributed by atoms with van der Waals surface area (Å²) in [7, 11) is 0. The lowest BCUT2D eigenvalue weighted by molar-refractivity contribution is 0.210. The summed E-state index contributed by atoms with van der Waals surface area (Å²) in [6, 6.07) is 15.6. The largest absolute Gasteiger partial charge is 0.382 e. The predicted octanol–water partition coefficient (Wildman–Crippen LogP) is 3.08. The van der Waals surface area contributed by atoms with Crippen molar-refractivity contribution in [2.45, 2.75) is 12.6 Å². The third-order valence-corrected chi connectivity index (χ3v) is 4.89. The summed E-state index contributed by atoms with van der Waals surface area (Å²) in [6.45, 7) is 0.502.